The lowest BCUT2D eigenvalue weighted by atomic mass is 10.2. The monoisotopic (exact) mass is 225 g/mol. The van der Waals surface area contributed by atoms with E-state index in [2.05, 4.69) is 5.32 Å². The zero-order valence-corrected chi connectivity index (χ0v) is 9.68. The third kappa shape index (κ3) is 3.03. The second-order valence-electron chi connectivity index (χ2n) is 4.00. The molecule has 1 aliphatic rings. The van der Waals surface area contributed by atoms with Crippen LogP contribution in [0.5, 0.6) is 5.75 Å². The minimum atomic E-state index is 0.756. The summed E-state index contributed by atoms with van der Waals surface area (Å²) in [7, 11) is 1.66. The number of hydrogen-bond acceptors (Lipinski definition) is 2. The summed E-state index contributed by atoms with van der Waals surface area (Å²) in [6.45, 7) is 0.998. The van der Waals surface area contributed by atoms with Crippen LogP contribution in [0.2, 0.25) is 5.02 Å². The van der Waals surface area contributed by atoms with Crippen LogP contribution in [0.25, 0.3) is 0 Å². The van der Waals surface area contributed by atoms with Crippen molar-refractivity contribution in [3.05, 3.63) is 23.2 Å². The summed E-state index contributed by atoms with van der Waals surface area (Å²) in [4.78, 5) is 0. The molecule has 0 amide bonds. The molecule has 0 aliphatic heterocycles. The first-order chi connectivity index (χ1) is 7.29. The Kier molecular flexibility index (Phi) is 3.37. The molecule has 1 saturated carbocycles. The molecule has 15 heavy (non-hydrogen) atoms. The summed E-state index contributed by atoms with van der Waals surface area (Å²) < 4.78 is 5.15. The van der Waals surface area contributed by atoms with Gasteiger partial charge in [-0.15, -0.1) is 0 Å². The van der Waals surface area contributed by atoms with Gasteiger partial charge in [0.05, 0.1) is 17.8 Å². The fraction of sp³-hybridized carbons (Fsp3) is 0.500. The van der Waals surface area contributed by atoms with Crippen molar-refractivity contribution in [2.45, 2.75) is 19.3 Å². The summed E-state index contributed by atoms with van der Waals surface area (Å²) in [6, 6.07) is 5.67. The SMILES string of the molecule is COc1ccc(Cl)c(NCCC2CC2)c1. The third-order valence-electron chi connectivity index (χ3n) is 2.74. The van der Waals surface area contributed by atoms with Gasteiger partial charge in [-0.05, 0) is 24.5 Å². The number of methoxy groups -OCH3 is 1. The lowest BCUT2D eigenvalue weighted by Crippen LogP contribution is -2.02. The van der Waals surface area contributed by atoms with Crippen molar-refractivity contribution < 1.29 is 4.74 Å². The highest BCUT2D eigenvalue weighted by Gasteiger charge is 2.20. The van der Waals surface area contributed by atoms with Crippen molar-refractivity contribution in [2.24, 2.45) is 5.92 Å². The first-order valence-electron chi connectivity index (χ1n) is 5.37. The van der Waals surface area contributed by atoms with Crippen LogP contribution in [0.3, 0.4) is 0 Å². The number of benzene rings is 1. The van der Waals surface area contributed by atoms with Crippen LogP contribution in [0.15, 0.2) is 18.2 Å². The smallest absolute Gasteiger partial charge is 0.121 e. The molecule has 2 rings (SSSR count). The van der Waals surface area contributed by atoms with Crippen molar-refractivity contribution in [2.75, 3.05) is 19.0 Å². The third-order valence-corrected chi connectivity index (χ3v) is 3.07. The predicted molar refractivity (Wildman–Crippen MR) is 63.8 cm³/mol. The second kappa shape index (κ2) is 4.75. The van der Waals surface area contributed by atoms with E-state index in [-0.39, 0.29) is 0 Å². The number of ether oxygens (including phenoxy) is 1. The van der Waals surface area contributed by atoms with E-state index >= 15 is 0 Å². The molecular weight excluding hydrogens is 210 g/mol. The molecule has 0 saturated heterocycles. The lowest BCUT2D eigenvalue weighted by molar-refractivity contribution is 0.415. The highest BCUT2D eigenvalue weighted by atomic mass is 35.5. The molecular formula is C12H16ClNO. The van der Waals surface area contributed by atoms with E-state index in [9.17, 15) is 0 Å². The minimum Gasteiger partial charge on any atom is -0.497 e. The molecule has 1 aromatic rings. The summed E-state index contributed by atoms with van der Waals surface area (Å²) in [6.07, 6.45) is 4.04. The molecule has 2 nitrogen and oxygen atoms in total. The molecule has 1 N–H and O–H groups in total. The van der Waals surface area contributed by atoms with Gasteiger partial charge in [-0.1, -0.05) is 24.4 Å². The molecule has 1 aromatic carbocycles. The normalized spacial score (nSPS) is 15.1. The van der Waals surface area contributed by atoms with Gasteiger partial charge in [-0.3, -0.25) is 0 Å². The Bertz CT molecular complexity index is 336. The number of hydrogen-bond donors (Lipinski definition) is 1. The number of anilines is 1. The van der Waals surface area contributed by atoms with Crippen LogP contribution in [0.4, 0.5) is 5.69 Å². The van der Waals surface area contributed by atoms with Gasteiger partial charge in [-0.2, -0.15) is 0 Å². The maximum atomic E-state index is 6.07. The molecule has 0 aromatic heterocycles. The Morgan fingerprint density at radius 1 is 1.47 bits per heavy atom. The van der Waals surface area contributed by atoms with Crippen LogP contribution in [0, 0.1) is 5.92 Å². The Balaban J connectivity index is 1.92. The molecule has 1 aliphatic carbocycles. The predicted octanol–water partition coefficient (Wildman–Crippen LogP) is 3.56. The van der Waals surface area contributed by atoms with E-state index in [0.717, 1.165) is 28.9 Å². The van der Waals surface area contributed by atoms with Gasteiger partial charge in [0.1, 0.15) is 5.75 Å². The van der Waals surface area contributed by atoms with E-state index in [1.54, 1.807) is 7.11 Å². The summed E-state index contributed by atoms with van der Waals surface area (Å²) in [5.41, 5.74) is 0.969. The Hall–Kier alpha value is -0.890. The molecule has 0 radical (unpaired) electrons. The number of nitrogens with one attached hydrogen (secondary N) is 1. The fourth-order valence-corrected chi connectivity index (χ4v) is 1.77. The van der Waals surface area contributed by atoms with E-state index < -0.39 is 0 Å². The summed E-state index contributed by atoms with van der Waals surface area (Å²) in [5, 5.41) is 4.10. The fourth-order valence-electron chi connectivity index (χ4n) is 1.58. The van der Waals surface area contributed by atoms with Gasteiger partial charge >= 0.3 is 0 Å². The van der Waals surface area contributed by atoms with Crippen LogP contribution in [-0.2, 0) is 0 Å². The summed E-state index contributed by atoms with van der Waals surface area (Å²) in [5.74, 6) is 1.79. The molecule has 0 spiro atoms. The standard InChI is InChI=1S/C12H16ClNO/c1-15-10-4-5-11(13)12(8-10)14-7-6-9-2-3-9/h4-5,8-9,14H,2-3,6-7H2,1H3. The van der Waals surface area contributed by atoms with Crippen molar-refractivity contribution >= 4 is 17.3 Å². The van der Waals surface area contributed by atoms with Gasteiger partial charge in [0.2, 0.25) is 0 Å². The van der Waals surface area contributed by atoms with Crippen LogP contribution in [0.1, 0.15) is 19.3 Å². The van der Waals surface area contributed by atoms with E-state index in [1.165, 1.54) is 19.3 Å². The maximum Gasteiger partial charge on any atom is 0.121 e. The highest BCUT2D eigenvalue weighted by molar-refractivity contribution is 6.33. The van der Waals surface area contributed by atoms with E-state index in [0.29, 0.717) is 0 Å². The molecule has 82 valence electrons. The van der Waals surface area contributed by atoms with Crippen molar-refractivity contribution in [3.8, 4) is 5.75 Å². The average molecular weight is 226 g/mol. The van der Waals surface area contributed by atoms with Crippen LogP contribution < -0.4 is 10.1 Å². The second-order valence-corrected chi connectivity index (χ2v) is 4.41. The van der Waals surface area contributed by atoms with E-state index in [4.69, 9.17) is 16.3 Å². The Morgan fingerprint density at radius 2 is 2.27 bits per heavy atom. The Morgan fingerprint density at radius 3 is 2.93 bits per heavy atom. The maximum absolute atomic E-state index is 6.07. The highest BCUT2D eigenvalue weighted by Crippen LogP contribution is 2.33. The van der Waals surface area contributed by atoms with Crippen LogP contribution in [-0.4, -0.2) is 13.7 Å². The molecule has 1 fully saturated rings. The zero-order valence-electron chi connectivity index (χ0n) is 8.92. The minimum absolute atomic E-state index is 0.756. The van der Waals surface area contributed by atoms with Crippen LogP contribution >= 0.6 is 11.6 Å². The molecule has 0 atom stereocenters. The average Bonchev–Trinajstić information content (AvgIpc) is 3.05. The molecule has 0 heterocycles. The topological polar surface area (TPSA) is 21.3 Å². The largest absolute Gasteiger partial charge is 0.497 e. The molecule has 0 unspecified atom stereocenters. The van der Waals surface area contributed by atoms with Crippen molar-refractivity contribution in [3.63, 3.8) is 0 Å². The van der Waals surface area contributed by atoms with Gasteiger partial charge in [0, 0.05) is 12.6 Å². The Labute approximate surface area is 95.6 Å². The zero-order chi connectivity index (χ0) is 10.7. The summed E-state index contributed by atoms with van der Waals surface area (Å²) >= 11 is 6.07. The van der Waals surface area contributed by atoms with Crippen molar-refractivity contribution in [1.29, 1.82) is 0 Å². The van der Waals surface area contributed by atoms with Gasteiger partial charge < -0.3 is 10.1 Å². The quantitative estimate of drug-likeness (QED) is 0.828. The first-order valence-corrected chi connectivity index (χ1v) is 5.75. The number of halogens is 1. The van der Waals surface area contributed by atoms with Crippen molar-refractivity contribution in [1.82, 2.24) is 0 Å². The van der Waals surface area contributed by atoms with Gasteiger partial charge in [0.25, 0.3) is 0 Å². The number of rotatable bonds is 5. The van der Waals surface area contributed by atoms with E-state index in [1.807, 2.05) is 18.2 Å². The van der Waals surface area contributed by atoms with Gasteiger partial charge in [0.15, 0.2) is 0 Å². The van der Waals surface area contributed by atoms with Gasteiger partial charge in [-0.25, -0.2) is 0 Å². The lowest BCUT2D eigenvalue weighted by Gasteiger charge is -2.09. The molecule has 3 heteroatoms. The first kappa shape index (κ1) is 10.6. The molecule has 0 bridgehead atoms.